The zero-order chi connectivity index (χ0) is 14.2. The van der Waals surface area contributed by atoms with Crippen LogP contribution in [0.2, 0.25) is 5.02 Å². The molecule has 20 heavy (non-hydrogen) atoms. The number of ether oxygens (including phenoxy) is 1. The minimum atomic E-state index is -0.0621. The highest BCUT2D eigenvalue weighted by Crippen LogP contribution is 2.41. The van der Waals surface area contributed by atoms with Crippen LogP contribution in [0.4, 0.5) is 0 Å². The van der Waals surface area contributed by atoms with Gasteiger partial charge in [-0.25, -0.2) is 0 Å². The third-order valence-corrected chi connectivity index (χ3v) is 5.29. The molecule has 0 aromatic heterocycles. The molecule has 2 saturated heterocycles. The molecule has 0 bridgehead atoms. The largest absolute Gasteiger partial charge is 0.396 e. The fourth-order valence-electron chi connectivity index (χ4n) is 3.64. The average molecular weight is 296 g/mol. The van der Waals surface area contributed by atoms with E-state index >= 15 is 0 Å². The molecule has 0 radical (unpaired) electrons. The van der Waals surface area contributed by atoms with Gasteiger partial charge in [0, 0.05) is 36.7 Å². The minimum absolute atomic E-state index is 0.0621. The second-order valence-corrected chi connectivity index (χ2v) is 6.67. The molecule has 2 atom stereocenters. The first kappa shape index (κ1) is 14.3. The molecule has 2 aliphatic heterocycles. The van der Waals surface area contributed by atoms with Gasteiger partial charge in [-0.2, -0.15) is 0 Å². The number of likely N-dealkylation sites (tertiary alicyclic amines) is 1. The summed E-state index contributed by atoms with van der Waals surface area (Å²) in [6.07, 6.45) is 1.05. The summed E-state index contributed by atoms with van der Waals surface area (Å²) in [5.41, 5.74) is 2.39. The van der Waals surface area contributed by atoms with Crippen LogP contribution in [-0.4, -0.2) is 42.9 Å². The summed E-state index contributed by atoms with van der Waals surface area (Å²) in [5, 5.41) is 10.7. The number of aryl methyl sites for hydroxylation is 1. The summed E-state index contributed by atoms with van der Waals surface area (Å²) < 4.78 is 5.61. The van der Waals surface area contributed by atoms with E-state index in [2.05, 4.69) is 17.9 Å². The Bertz CT molecular complexity index is 473. The zero-order valence-corrected chi connectivity index (χ0v) is 12.7. The first-order valence-corrected chi connectivity index (χ1v) is 7.67. The molecule has 0 spiro atoms. The standard InChI is InChI=1S/C16H22ClNO2/c1-12-3-2-4-15(17)14(12)8-18-7-13-5-6-20-11-16(13,9-18)10-19/h2-4,13,19H,5-11H2,1H3/t13-,16+/m0/s1. The maximum absolute atomic E-state index is 9.81. The first-order chi connectivity index (χ1) is 9.64. The number of fused-ring (bicyclic) bond motifs is 1. The number of hydrogen-bond acceptors (Lipinski definition) is 3. The van der Waals surface area contributed by atoms with Crippen LogP contribution in [-0.2, 0) is 11.3 Å². The van der Waals surface area contributed by atoms with Crippen molar-refractivity contribution in [2.24, 2.45) is 11.3 Å². The van der Waals surface area contributed by atoms with Crippen molar-refractivity contribution in [3.63, 3.8) is 0 Å². The van der Waals surface area contributed by atoms with Crippen LogP contribution in [0.1, 0.15) is 17.5 Å². The normalized spacial score (nSPS) is 30.4. The van der Waals surface area contributed by atoms with Gasteiger partial charge in [-0.05, 0) is 36.5 Å². The number of rotatable bonds is 3. The van der Waals surface area contributed by atoms with Gasteiger partial charge in [0.2, 0.25) is 0 Å². The van der Waals surface area contributed by atoms with Crippen molar-refractivity contribution in [3.05, 3.63) is 34.3 Å². The van der Waals surface area contributed by atoms with E-state index in [0.29, 0.717) is 12.5 Å². The zero-order valence-electron chi connectivity index (χ0n) is 11.9. The van der Waals surface area contributed by atoms with Crippen LogP contribution >= 0.6 is 11.6 Å². The van der Waals surface area contributed by atoms with Crippen LogP contribution in [0, 0.1) is 18.3 Å². The highest BCUT2D eigenvalue weighted by atomic mass is 35.5. The van der Waals surface area contributed by atoms with E-state index < -0.39 is 0 Å². The Labute approximate surface area is 125 Å². The molecular weight excluding hydrogens is 274 g/mol. The van der Waals surface area contributed by atoms with Gasteiger partial charge in [-0.3, -0.25) is 4.90 Å². The molecule has 0 aliphatic carbocycles. The van der Waals surface area contributed by atoms with Gasteiger partial charge < -0.3 is 9.84 Å². The second-order valence-electron chi connectivity index (χ2n) is 6.26. The van der Waals surface area contributed by atoms with Gasteiger partial charge in [0.15, 0.2) is 0 Å². The number of benzene rings is 1. The molecule has 3 nitrogen and oxygen atoms in total. The fourth-order valence-corrected chi connectivity index (χ4v) is 3.92. The molecule has 0 unspecified atom stereocenters. The lowest BCUT2D eigenvalue weighted by Gasteiger charge is -2.36. The molecule has 110 valence electrons. The molecule has 4 heteroatoms. The van der Waals surface area contributed by atoms with E-state index in [-0.39, 0.29) is 12.0 Å². The summed E-state index contributed by atoms with van der Waals surface area (Å²) in [6, 6.07) is 6.06. The smallest absolute Gasteiger partial charge is 0.0559 e. The second kappa shape index (κ2) is 5.64. The van der Waals surface area contributed by atoms with Gasteiger partial charge in [0.25, 0.3) is 0 Å². The van der Waals surface area contributed by atoms with E-state index in [1.54, 1.807) is 0 Å². The number of aliphatic hydroxyl groups excluding tert-OH is 1. The predicted octanol–water partition coefficient (Wildman–Crippen LogP) is 2.48. The van der Waals surface area contributed by atoms with E-state index in [1.165, 1.54) is 11.1 Å². The average Bonchev–Trinajstić information content (AvgIpc) is 2.82. The number of aliphatic hydroxyl groups is 1. The van der Waals surface area contributed by atoms with E-state index in [4.69, 9.17) is 16.3 Å². The summed E-state index contributed by atoms with van der Waals surface area (Å²) in [4.78, 5) is 2.42. The third-order valence-electron chi connectivity index (χ3n) is 4.93. The molecule has 0 saturated carbocycles. The Morgan fingerprint density at radius 3 is 3.05 bits per heavy atom. The molecule has 1 aromatic rings. The lowest BCUT2D eigenvalue weighted by Crippen LogP contribution is -2.42. The number of hydrogen-bond donors (Lipinski definition) is 1. The lowest BCUT2D eigenvalue weighted by atomic mass is 9.76. The Hall–Kier alpha value is -0.610. The van der Waals surface area contributed by atoms with Gasteiger partial charge in [0.05, 0.1) is 13.2 Å². The molecular formula is C16H22ClNO2. The summed E-state index contributed by atoms with van der Waals surface area (Å²) in [7, 11) is 0. The van der Waals surface area contributed by atoms with E-state index in [0.717, 1.165) is 37.7 Å². The van der Waals surface area contributed by atoms with Crippen LogP contribution in [0.15, 0.2) is 18.2 Å². The summed E-state index contributed by atoms with van der Waals surface area (Å²) in [6.45, 7) is 6.64. The van der Waals surface area contributed by atoms with E-state index in [1.807, 2.05) is 12.1 Å². The monoisotopic (exact) mass is 295 g/mol. The Balaban J connectivity index is 1.77. The molecule has 1 N–H and O–H groups in total. The van der Waals surface area contributed by atoms with Crippen LogP contribution in [0.3, 0.4) is 0 Å². The number of halogens is 1. The van der Waals surface area contributed by atoms with Crippen molar-refractivity contribution < 1.29 is 9.84 Å². The Kier molecular flexibility index (Phi) is 4.04. The molecule has 2 heterocycles. The third kappa shape index (κ3) is 2.48. The highest BCUT2D eigenvalue weighted by molar-refractivity contribution is 6.31. The Morgan fingerprint density at radius 2 is 2.35 bits per heavy atom. The molecule has 0 amide bonds. The first-order valence-electron chi connectivity index (χ1n) is 7.29. The Morgan fingerprint density at radius 1 is 1.50 bits per heavy atom. The van der Waals surface area contributed by atoms with Gasteiger partial charge in [-0.1, -0.05) is 23.7 Å². The summed E-state index contributed by atoms with van der Waals surface area (Å²) >= 11 is 6.33. The van der Waals surface area contributed by atoms with Crippen LogP contribution in [0.25, 0.3) is 0 Å². The summed E-state index contributed by atoms with van der Waals surface area (Å²) in [5.74, 6) is 0.545. The van der Waals surface area contributed by atoms with Crippen molar-refractivity contribution in [2.75, 3.05) is 32.9 Å². The molecule has 2 fully saturated rings. The van der Waals surface area contributed by atoms with Crippen molar-refractivity contribution >= 4 is 11.6 Å². The maximum atomic E-state index is 9.81. The molecule has 1 aromatic carbocycles. The quantitative estimate of drug-likeness (QED) is 0.930. The van der Waals surface area contributed by atoms with Crippen LogP contribution in [0.5, 0.6) is 0 Å². The van der Waals surface area contributed by atoms with E-state index in [9.17, 15) is 5.11 Å². The van der Waals surface area contributed by atoms with Crippen molar-refractivity contribution in [2.45, 2.75) is 19.9 Å². The van der Waals surface area contributed by atoms with Crippen molar-refractivity contribution in [1.82, 2.24) is 4.90 Å². The molecule has 2 aliphatic rings. The fraction of sp³-hybridized carbons (Fsp3) is 0.625. The van der Waals surface area contributed by atoms with Crippen molar-refractivity contribution in [3.8, 4) is 0 Å². The highest BCUT2D eigenvalue weighted by Gasteiger charge is 2.48. The minimum Gasteiger partial charge on any atom is -0.396 e. The van der Waals surface area contributed by atoms with Gasteiger partial charge >= 0.3 is 0 Å². The topological polar surface area (TPSA) is 32.7 Å². The lowest BCUT2D eigenvalue weighted by molar-refractivity contribution is -0.0561. The number of nitrogens with zero attached hydrogens (tertiary/aromatic N) is 1. The van der Waals surface area contributed by atoms with Crippen LogP contribution < -0.4 is 0 Å². The predicted molar refractivity (Wildman–Crippen MR) is 79.9 cm³/mol. The van der Waals surface area contributed by atoms with Gasteiger partial charge in [0.1, 0.15) is 0 Å². The van der Waals surface area contributed by atoms with Gasteiger partial charge in [-0.15, -0.1) is 0 Å². The van der Waals surface area contributed by atoms with Crippen molar-refractivity contribution in [1.29, 1.82) is 0 Å². The maximum Gasteiger partial charge on any atom is 0.0559 e. The molecule has 3 rings (SSSR count). The SMILES string of the molecule is Cc1cccc(Cl)c1CN1C[C@@H]2CCOC[C@]2(CO)C1.